The van der Waals surface area contributed by atoms with E-state index in [4.69, 9.17) is 0 Å². The number of anilines is 2. The maximum absolute atomic E-state index is 12.9. The minimum Gasteiger partial charge on any atom is -0.478 e. The summed E-state index contributed by atoms with van der Waals surface area (Å²) in [5.41, 5.74) is 3.73. The highest BCUT2D eigenvalue weighted by Gasteiger charge is 2.23. The second kappa shape index (κ2) is 11.4. The van der Waals surface area contributed by atoms with Gasteiger partial charge in [-0.3, -0.25) is 20.3 Å². The van der Waals surface area contributed by atoms with Gasteiger partial charge in [-0.05, 0) is 47.8 Å². The van der Waals surface area contributed by atoms with E-state index in [-0.39, 0.29) is 16.9 Å². The molecule has 0 aliphatic rings. The molecule has 0 amide bonds. The molecular formula is C27H20N6O6S2. The highest BCUT2D eigenvalue weighted by Crippen LogP contribution is 2.30. The largest absolute Gasteiger partial charge is 0.478 e. The van der Waals surface area contributed by atoms with Crippen molar-refractivity contribution < 1.29 is 23.2 Å². The third-order valence-corrected chi connectivity index (χ3v) is 8.02. The average Bonchev–Trinajstić information content (AvgIpc) is 3.64. The van der Waals surface area contributed by atoms with E-state index >= 15 is 0 Å². The maximum Gasteiger partial charge on any atom is 0.337 e. The van der Waals surface area contributed by atoms with Gasteiger partial charge in [0.05, 0.1) is 37.8 Å². The number of rotatable bonds is 10. The Morgan fingerprint density at radius 1 is 1.02 bits per heavy atom. The summed E-state index contributed by atoms with van der Waals surface area (Å²) < 4.78 is 29.8. The van der Waals surface area contributed by atoms with Crippen LogP contribution in [0.5, 0.6) is 0 Å². The number of nitro benzene ring substituents is 1. The van der Waals surface area contributed by atoms with E-state index in [0.29, 0.717) is 11.3 Å². The van der Waals surface area contributed by atoms with Crippen LogP contribution in [0.4, 0.5) is 17.1 Å². The number of carboxylic acids is 1. The number of nitro groups is 1. The second-order valence-electron chi connectivity index (χ2n) is 8.45. The lowest BCUT2D eigenvalue weighted by Crippen LogP contribution is -2.16. The van der Waals surface area contributed by atoms with Crippen LogP contribution >= 0.6 is 11.3 Å². The number of carbonyl (C=O) groups is 1. The Kier molecular flexibility index (Phi) is 7.58. The van der Waals surface area contributed by atoms with Crippen molar-refractivity contribution in [3.8, 4) is 16.3 Å². The van der Waals surface area contributed by atoms with Crippen molar-refractivity contribution in [3.63, 3.8) is 0 Å². The number of hydrogen-bond acceptors (Lipinski definition) is 9. The monoisotopic (exact) mass is 588 g/mol. The number of thiophene rings is 1. The zero-order chi connectivity index (χ0) is 29.0. The first-order valence-electron chi connectivity index (χ1n) is 11.8. The molecule has 0 aliphatic carbocycles. The summed E-state index contributed by atoms with van der Waals surface area (Å²) in [6, 6.07) is 22.0. The molecule has 0 saturated carbocycles. The molecule has 0 radical (unpaired) electrons. The van der Waals surface area contributed by atoms with Crippen LogP contribution < -0.4 is 10.1 Å². The number of hydrazone groups is 1. The van der Waals surface area contributed by atoms with Crippen molar-refractivity contribution in [1.82, 2.24) is 9.78 Å². The SMILES string of the molecule is O=C(O)c1ccccc1NS(=O)(=O)c1ccc(N/N=C/c2cn(-c3ccccc3)nc2-c2cccs2)c([N+](=O)[O-])c1. The van der Waals surface area contributed by atoms with Crippen LogP contribution in [0.3, 0.4) is 0 Å². The van der Waals surface area contributed by atoms with Crippen LogP contribution in [0.15, 0.2) is 107 Å². The lowest BCUT2D eigenvalue weighted by atomic mass is 10.2. The van der Waals surface area contributed by atoms with E-state index in [1.165, 1.54) is 47.9 Å². The number of nitrogens with one attached hydrogen (secondary N) is 2. The minimum atomic E-state index is -4.35. The van der Waals surface area contributed by atoms with E-state index in [1.54, 1.807) is 10.9 Å². The molecule has 0 saturated heterocycles. The van der Waals surface area contributed by atoms with Crippen LogP contribution in [0.2, 0.25) is 0 Å². The fourth-order valence-electron chi connectivity index (χ4n) is 3.86. The number of nitrogens with zero attached hydrogens (tertiary/aromatic N) is 4. The average molecular weight is 589 g/mol. The quantitative estimate of drug-likeness (QED) is 0.110. The molecule has 2 aromatic heterocycles. The Labute approximate surface area is 237 Å². The summed E-state index contributed by atoms with van der Waals surface area (Å²) in [6.45, 7) is 0. The molecule has 0 fully saturated rings. The van der Waals surface area contributed by atoms with Crippen molar-refractivity contribution in [2.24, 2.45) is 5.10 Å². The zero-order valence-electron chi connectivity index (χ0n) is 20.9. The molecule has 5 aromatic rings. The fourth-order valence-corrected chi connectivity index (χ4v) is 5.69. The van der Waals surface area contributed by atoms with E-state index < -0.39 is 31.5 Å². The third-order valence-electron chi connectivity index (χ3n) is 5.78. The molecule has 0 bridgehead atoms. The predicted octanol–water partition coefficient (Wildman–Crippen LogP) is 5.45. The number of sulfonamides is 1. The maximum atomic E-state index is 12.9. The highest BCUT2D eigenvalue weighted by atomic mass is 32.2. The molecule has 206 valence electrons. The lowest BCUT2D eigenvalue weighted by Gasteiger charge is -2.11. The second-order valence-corrected chi connectivity index (χ2v) is 11.1. The van der Waals surface area contributed by atoms with Crippen molar-refractivity contribution in [3.05, 3.63) is 118 Å². The van der Waals surface area contributed by atoms with Crippen LogP contribution in [-0.2, 0) is 10.0 Å². The Morgan fingerprint density at radius 3 is 2.49 bits per heavy atom. The number of para-hydroxylation sites is 2. The Hall–Kier alpha value is -5.34. The van der Waals surface area contributed by atoms with Gasteiger partial charge < -0.3 is 5.11 Å². The molecule has 0 unspecified atom stereocenters. The molecular weight excluding hydrogens is 568 g/mol. The topological polar surface area (TPSA) is 169 Å². The molecule has 3 aromatic carbocycles. The highest BCUT2D eigenvalue weighted by molar-refractivity contribution is 7.92. The number of benzene rings is 3. The predicted molar refractivity (Wildman–Crippen MR) is 155 cm³/mol. The van der Waals surface area contributed by atoms with Gasteiger partial charge in [-0.2, -0.15) is 10.2 Å². The van der Waals surface area contributed by atoms with Gasteiger partial charge in [0.2, 0.25) is 0 Å². The van der Waals surface area contributed by atoms with Crippen LogP contribution in [-0.4, -0.2) is 40.4 Å². The van der Waals surface area contributed by atoms with Crippen molar-refractivity contribution in [2.45, 2.75) is 4.90 Å². The van der Waals surface area contributed by atoms with E-state index in [2.05, 4.69) is 20.3 Å². The molecule has 0 aliphatic heterocycles. The molecule has 0 spiro atoms. The van der Waals surface area contributed by atoms with E-state index in [0.717, 1.165) is 22.7 Å². The lowest BCUT2D eigenvalue weighted by molar-refractivity contribution is -0.384. The van der Waals surface area contributed by atoms with Gasteiger partial charge in [-0.15, -0.1) is 11.3 Å². The summed E-state index contributed by atoms with van der Waals surface area (Å²) in [7, 11) is -4.35. The van der Waals surface area contributed by atoms with Crippen LogP contribution in [0, 0.1) is 10.1 Å². The summed E-state index contributed by atoms with van der Waals surface area (Å²) >= 11 is 1.50. The third kappa shape index (κ3) is 5.98. The Morgan fingerprint density at radius 2 is 1.78 bits per heavy atom. The molecule has 41 heavy (non-hydrogen) atoms. The first-order valence-corrected chi connectivity index (χ1v) is 14.2. The fraction of sp³-hybridized carbons (Fsp3) is 0. The molecule has 3 N–H and O–H groups in total. The zero-order valence-corrected chi connectivity index (χ0v) is 22.5. The number of aromatic carboxylic acids is 1. The number of aromatic nitrogens is 2. The number of hydrogen-bond donors (Lipinski definition) is 3. The Balaban J connectivity index is 1.42. The summed E-state index contributed by atoms with van der Waals surface area (Å²) in [5.74, 6) is -1.33. The van der Waals surface area contributed by atoms with Gasteiger partial charge in [-0.25, -0.2) is 17.9 Å². The molecule has 0 atom stereocenters. The van der Waals surface area contributed by atoms with Gasteiger partial charge >= 0.3 is 5.97 Å². The van der Waals surface area contributed by atoms with Gasteiger partial charge in [0, 0.05) is 17.8 Å². The molecule has 14 heteroatoms. The molecule has 12 nitrogen and oxygen atoms in total. The van der Waals surface area contributed by atoms with Gasteiger partial charge in [0.1, 0.15) is 11.4 Å². The minimum absolute atomic E-state index is 0.0516. The van der Waals surface area contributed by atoms with Crippen molar-refractivity contribution in [1.29, 1.82) is 0 Å². The normalized spacial score (nSPS) is 11.4. The van der Waals surface area contributed by atoms with Gasteiger partial charge in [0.15, 0.2) is 0 Å². The van der Waals surface area contributed by atoms with E-state index in [9.17, 15) is 28.4 Å². The van der Waals surface area contributed by atoms with Gasteiger partial charge in [-0.1, -0.05) is 36.4 Å². The summed E-state index contributed by atoms with van der Waals surface area (Å²) in [6.07, 6.45) is 3.25. The van der Waals surface area contributed by atoms with Crippen LogP contribution in [0.1, 0.15) is 15.9 Å². The number of carboxylic acid groups (broad SMARTS) is 1. The van der Waals surface area contributed by atoms with Crippen LogP contribution in [0.25, 0.3) is 16.3 Å². The summed E-state index contributed by atoms with van der Waals surface area (Å²) in [5, 5.41) is 31.9. The van der Waals surface area contributed by atoms with Crippen molar-refractivity contribution >= 4 is 50.6 Å². The van der Waals surface area contributed by atoms with Gasteiger partial charge in [0.25, 0.3) is 15.7 Å². The van der Waals surface area contributed by atoms with E-state index in [1.807, 2.05) is 47.8 Å². The summed E-state index contributed by atoms with van der Waals surface area (Å²) in [4.78, 5) is 23.0. The molecule has 5 rings (SSSR count). The first-order chi connectivity index (χ1) is 19.7. The smallest absolute Gasteiger partial charge is 0.337 e. The Bertz CT molecular complexity index is 1870. The standard InChI is InChI=1S/C27H20N6O6S2/c34-27(35)21-9-4-5-10-22(21)31-41(38,39)20-12-13-23(24(15-20)33(36)37)29-28-16-18-17-32(19-7-2-1-3-8-19)30-26(18)25-11-6-14-40-25/h1-17,29,31H,(H,34,35)/b28-16+. The molecule has 2 heterocycles. The first kappa shape index (κ1) is 27.2. The van der Waals surface area contributed by atoms with Crippen molar-refractivity contribution in [2.75, 3.05) is 10.1 Å².